The van der Waals surface area contributed by atoms with Gasteiger partial charge in [0.05, 0.1) is 11.7 Å². The Morgan fingerprint density at radius 2 is 1.49 bits per heavy atom. The van der Waals surface area contributed by atoms with Crippen LogP contribution in [0.25, 0.3) is 0 Å². The maximum Gasteiger partial charge on any atom is 0.416 e. The second-order valence-corrected chi connectivity index (χ2v) is 8.14. The first kappa shape index (κ1) is 26.1. The number of nitrogens with zero attached hydrogens (tertiary/aromatic N) is 2. The molecule has 0 radical (unpaired) electrons. The number of carbonyl (C=O) groups excluding carboxylic acids is 2. The number of benzene rings is 2. The minimum Gasteiger partial charge on any atom is -0.391 e. The second-order valence-electron chi connectivity index (χ2n) is 8.14. The number of amides is 2. The Morgan fingerprint density at radius 1 is 0.971 bits per heavy atom. The number of anilines is 1. The number of alkyl halides is 3. The van der Waals surface area contributed by atoms with E-state index in [4.69, 9.17) is 5.11 Å². The molecule has 0 spiro atoms. The summed E-state index contributed by atoms with van der Waals surface area (Å²) in [6.45, 7) is 2.51. The maximum absolute atomic E-state index is 12.7. The Morgan fingerprint density at radius 3 is 1.94 bits per heavy atom. The molecule has 0 aliphatic carbocycles. The number of rotatable bonds is 5. The first-order valence-electron chi connectivity index (χ1n) is 11.0. The van der Waals surface area contributed by atoms with Gasteiger partial charge >= 0.3 is 12.2 Å². The fourth-order valence-electron chi connectivity index (χ4n) is 3.60. The third-order valence-electron chi connectivity index (χ3n) is 5.63. The molecule has 0 saturated carbocycles. The Bertz CT molecular complexity index is 1080. The lowest BCUT2D eigenvalue weighted by Gasteiger charge is -2.36. The van der Waals surface area contributed by atoms with Gasteiger partial charge in [-0.05, 0) is 55.5 Å². The molecule has 0 bridgehead atoms. The van der Waals surface area contributed by atoms with Crippen molar-refractivity contribution in [3.05, 3.63) is 65.2 Å². The van der Waals surface area contributed by atoms with Crippen molar-refractivity contribution in [2.24, 2.45) is 0 Å². The molecule has 1 fully saturated rings. The molecular formula is C25H26F3N3O4. The molecule has 1 aliphatic rings. The first-order valence-corrected chi connectivity index (χ1v) is 11.0. The molecule has 2 aromatic carbocycles. The van der Waals surface area contributed by atoms with E-state index >= 15 is 0 Å². The predicted octanol–water partition coefficient (Wildman–Crippen LogP) is 2.25. The molecule has 1 saturated heterocycles. The van der Waals surface area contributed by atoms with Crippen LogP contribution < -0.4 is 10.2 Å². The van der Waals surface area contributed by atoms with Crippen LogP contribution in [0, 0.1) is 11.8 Å². The van der Waals surface area contributed by atoms with Crippen LogP contribution in [0.1, 0.15) is 23.6 Å². The van der Waals surface area contributed by atoms with E-state index in [1.807, 2.05) is 24.3 Å². The summed E-state index contributed by atoms with van der Waals surface area (Å²) in [6, 6.07) is 10.4. The monoisotopic (exact) mass is 489 g/mol. The van der Waals surface area contributed by atoms with Crippen molar-refractivity contribution in [1.82, 2.24) is 10.2 Å². The maximum atomic E-state index is 12.7. The molecule has 2 aromatic rings. The third-order valence-corrected chi connectivity index (χ3v) is 5.63. The predicted molar refractivity (Wildman–Crippen MR) is 124 cm³/mol. The topological polar surface area (TPSA) is 93.1 Å². The van der Waals surface area contributed by atoms with Gasteiger partial charge in [0.1, 0.15) is 12.6 Å². The lowest BCUT2D eigenvalue weighted by molar-refractivity contribution is -0.137. The number of halogens is 3. The van der Waals surface area contributed by atoms with E-state index in [-0.39, 0.29) is 0 Å². The molecule has 1 aliphatic heterocycles. The van der Waals surface area contributed by atoms with Crippen molar-refractivity contribution < 1.29 is 33.0 Å². The number of Topliss-reactive ketones (excluding diaryl/α,β-unsaturated/α-hetero) is 1. The number of hydrogen-bond donors (Lipinski definition) is 3. The molecule has 35 heavy (non-hydrogen) atoms. The zero-order chi connectivity index (χ0) is 25.6. The van der Waals surface area contributed by atoms with E-state index in [1.165, 1.54) is 19.1 Å². The fourth-order valence-corrected chi connectivity index (χ4v) is 3.60. The highest BCUT2D eigenvalue weighted by Crippen LogP contribution is 2.29. The Labute approximate surface area is 201 Å². The summed E-state index contributed by atoms with van der Waals surface area (Å²) in [4.78, 5) is 27.8. The van der Waals surface area contributed by atoms with Crippen molar-refractivity contribution >= 4 is 17.5 Å². The number of ketones is 1. The smallest absolute Gasteiger partial charge is 0.391 e. The summed E-state index contributed by atoms with van der Waals surface area (Å²) in [5, 5.41) is 21.2. The molecule has 0 unspecified atom stereocenters. The zero-order valence-corrected chi connectivity index (χ0v) is 19.0. The van der Waals surface area contributed by atoms with Gasteiger partial charge in [-0.2, -0.15) is 13.2 Å². The fraction of sp³-hybridized carbons (Fsp3) is 0.360. The number of urea groups is 1. The number of nitrogens with one attached hydrogen (secondary N) is 1. The molecule has 3 N–H and O–H groups in total. The van der Waals surface area contributed by atoms with E-state index in [0.717, 1.165) is 17.8 Å². The molecule has 7 nitrogen and oxygen atoms in total. The average molecular weight is 489 g/mol. The first-order chi connectivity index (χ1) is 16.6. The summed E-state index contributed by atoms with van der Waals surface area (Å²) < 4.78 is 38.0. The minimum atomic E-state index is -4.38. The normalized spacial score (nSPS) is 15.6. The van der Waals surface area contributed by atoms with Gasteiger partial charge in [-0.3, -0.25) is 4.79 Å². The summed E-state index contributed by atoms with van der Waals surface area (Å²) in [5.74, 6) is 5.13. The van der Waals surface area contributed by atoms with Crippen molar-refractivity contribution in [1.29, 1.82) is 0 Å². The molecular weight excluding hydrogens is 463 g/mol. The number of aliphatic hydroxyl groups excluding tert-OH is 2. The SMILES string of the molecule is C[C@H](O)[C@@H](NC(=O)N1CCN(c2ccc(C#Cc3ccc(C(F)(F)F)cc3)cc2)CC1)C(=O)CO. The van der Waals surface area contributed by atoms with Gasteiger partial charge < -0.3 is 25.3 Å². The molecule has 2 atom stereocenters. The van der Waals surface area contributed by atoms with Crippen molar-refractivity contribution in [3.63, 3.8) is 0 Å². The highest BCUT2D eigenvalue weighted by atomic mass is 19.4. The number of piperazine rings is 1. The van der Waals surface area contributed by atoms with Crippen LogP contribution >= 0.6 is 0 Å². The second kappa shape index (κ2) is 11.3. The summed E-state index contributed by atoms with van der Waals surface area (Å²) in [6.07, 6.45) is -5.50. The standard InChI is InChI=1S/C25H26F3N3O4/c1-17(33)23(22(34)16-32)29-24(35)31-14-12-30(13-15-31)21-10-6-19(7-11-21)3-2-18-4-8-20(9-5-18)25(26,27)28/h4-11,17,23,32-33H,12-16H2,1H3,(H,29,35)/t17-,23+/m0/s1. The average Bonchev–Trinajstić information content (AvgIpc) is 2.85. The summed E-state index contributed by atoms with van der Waals surface area (Å²) >= 11 is 0. The minimum absolute atomic E-state index is 0.404. The van der Waals surface area contributed by atoms with Crippen molar-refractivity contribution in [3.8, 4) is 11.8 Å². The highest BCUT2D eigenvalue weighted by molar-refractivity contribution is 5.89. The highest BCUT2D eigenvalue weighted by Gasteiger charge is 2.30. The zero-order valence-electron chi connectivity index (χ0n) is 19.0. The lowest BCUT2D eigenvalue weighted by Crippen LogP contribution is -2.57. The van der Waals surface area contributed by atoms with E-state index in [2.05, 4.69) is 22.1 Å². The Kier molecular flexibility index (Phi) is 8.38. The van der Waals surface area contributed by atoms with Crippen LogP contribution in [0.4, 0.5) is 23.7 Å². The molecule has 2 amide bonds. The van der Waals surface area contributed by atoms with Crippen LogP contribution in [0.3, 0.4) is 0 Å². The van der Waals surface area contributed by atoms with Gasteiger partial charge in [0.25, 0.3) is 0 Å². The van der Waals surface area contributed by atoms with E-state index in [1.54, 1.807) is 4.90 Å². The van der Waals surface area contributed by atoms with Gasteiger partial charge in [-0.25, -0.2) is 4.79 Å². The van der Waals surface area contributed by atoms with Gasteiger partial charge in [-0.1, -0.05) is 11.8 Å². The van der Waals surface area contributed by atoms with Crippen molar-refractivity contribution in [2.45, 2.75) is 25.2 Å². The molecule has 0 aromatic heterocycles. The number of carbonyl (C=O) groups is 2. The molecule has 10 heteroatoms. The summed E-state index contributed by atoms with van der Waals surface area (Å²) in [7, 11) is 0. The van der Waals surface area contributed by atoms with Crippen LogP contribution in [-0.4, -0.2) is 71.9 Å². The van der Waals surface area contributed by atoms with E-state index in [0.29, 0.717) is 37.3 Å². The van der Waals surface area contributed by atoms with Crippen molar-refractivity contribution in [2.75, 3.05) is 37.7 Å². The summed E-state index contributed by atoms with van der Waals surface area (Å²) in [5.41, 5.74) is 1.41. The number of aliphatic hydroxyl groups is 2. The van der Waals surface area contributed by atoms with E-state index < -0.39 is 42.3 Å². The Balaban J connectivity index is 1.55. The van der Waals surface area contributed by atoms with Gasteiger partial charge in [0.15, 0.2) is 5.78 Å². The van der Waals surface area contributed by atoms with Crippen LogP contribution in [0.5, 0.6) is 0 Å². The third kappa shape index (κ3) is 6.97. The van der Waals surface area contributed by atoms with Gasteiger partial charge in [0.2, 0.25) is 0 Å². The van der Waals surface area contributed by atoms with E-state index in [9.17, 15) is 27.9 Å². The van der Waals surface area contributed by atoms with Crippen LogP contribution in [0.2, 0.25) is 0 Å². The van der Waals surface area contributed by atoms with Gasteiger partial charge in [-0.15, -0.1) is 0 Å². The molecule has 1 heterocycles. The van der Waals surface area contributed by atoms with Crippen LogP contribution in [0.15, 0.2) is 48.5 Å². The molecule has 186 valence electrons. The largest absolute Gasteiger partial charge is 0.416 e. The quantitative estimate of drug-likeness (QED) is 0.561. The molecule has 3 rings (SSSR count). The van der Waals surface area contributed by atoms with Gasteiger partial charge in [0, 0.05) is 43.0 Å². The van der Waals surface area contributed by atoms with Crippen LogP contribution in [-0.2, 0) is 11.0 Å². The Hall–Kier alpha value is -3.55. The number of hydrogen-bond acceptors (Lipinski definition) is 5. The lowest BCUT2D eigenvalue weighted by atomic mass is 10.1.